The largest absolute Gasteiger partial charge is 0.497 e. The lowest BCUT2D eigenvalue weighted by molar-refractivity contribution is -0.136. The van der Waals surface area contributed by atoms with Crippen molar-refractivity contribution >= 4 is 11.8 Å². The third-order valence-corrected chi connectivity index (χ3v) is 6.53. The molecule has 4 rings (SSSR count). The summed E-state index contributed by atoms with van der Waals surface area (Å²) in [5.74, 6) is -0.308. The first kappa shape index (κ1) is 22.1. The molecule has 2 aromatic rings. The Morgan fingerprint density at radius 1 is 0.938 bits per heavy atom. The number of hydrogen-bond donors (Lipinski definition) is 0. The summed E-state index contributed by atoms with van der Waals surface area (Å²) in [5.41, 5.74) is 0.848. The highest BCUT2D eigenvalue weighted by Gasteiger charge is 2.43. The number of piperidine rings is 1. The maximum atomic E-state index is 14.3. The van der Waals surface area contributed by atoms with Gasteiger partial charge in [-0.3, -0.25) is 9.59 Å². The molecule has 2 heterocycles. The molecule has 2 atom stereocenters. The van der Waals surface area contributed by atoms with Gasteiger partial charge in [0.15, 0.2) is 0 Å². The van der Waals surface area contributed by atoms with Gasteiger partial charge in [-0.05, 0) is 49.6 Å². The molecule has 2 saturated heterocycles. The molecule has 0 bridgehead atoms. The summed E-state index contributed by atoms with van der Waals surface area (Å²) >= 11 is 0. The number of nitrogens with zero attached hydrogens (tertiary/aromatic N) is 2. The summed E-state index contributed by atoms with van der Waals surface area (Å²) in [6.45, 7) is 2.02. The van der Waals surface area contributed by atoms with Crippen molar-refractivity contribution < 1.29 is 23.5 Å². The van der Waals surface area contributed by atoms with Crippen LogP contribution in [0.1, 0.15) is 41.1 Å². The van der Waals surface area contributed by atoms with Crippen LogP contribution in [0.2, 0.25) is 0 Å². The molecule has 32 heavy (non-hydrogen) atoms. The molecule has 0 spiro atoms. The van der Waals surface area contributed by atoms with Crippen molar-refractivity contribution in [3.63, 3.8) is 0 Å². The Balaban J connectivity index is 1.69. The quantitative estimate of drug-likeness (QED) is 0.711. The fourth-order valence-electron chi connectivity index (χ4n) is 4.82. The summed E-state index contributed by atoms with van der Waals surface area (Å²) in [4.78, 5) is 30.2. The fourth-order valence-corrected chi connectivity index (χ4v) is 4.82. The third-order valence-electron chi connectivity index (χ3n) is 6.53. The van der Waals surface area contributed by atoms with E-state index < -0.39 is 17.6 Å². The maximum Gasteiger partial charge on any atom is 0.256 e. The van der Waals surface area contributed by atoms with Gasteiger partial charge < -0.3 is 19.3 Å². The Morgan fingerprint density at radius 2 is 1.69 bits per heavy atom. The van der Waals surface area contributed by atoms with Crippen LogP contribution in [0.15, 0.2) is 42.5 Å². The van der Waals surface area contributed by atoms with Gasteiger partial charge in [0.05, 0.1) is 25.7 Å². The second kappa shape index (κ2) is 9.59. The summed E-state index contributed by atoms with van der Waals surface area (Å²) in [6, 6.07) is 11.5. The first-order chi connectivity index (χ1) is 15.5. The zero-order valence-electron chi connectivity index (χ0n) is 18.6. The molecule has 2 aliphatic rings. The number of hydrogen-bond acceptors (Lipinski definition) is 4. The molecule has 2 amide bonds. The maximum absolute atomic E-state index is 14.3. The number of likely N-dealkylation sites (tertiary alicyclic amines) is 2. The number of halogens is 1. The van der Waals surface area contributed by atoms with Crippen molar-refractivity contribution in [3.8, 4) is 11.5 Å². The molecular weight excluding hydrogens is 411 g/mol. The van der Waals surface area contributed by atoms with Crippen LogP contribution < -0.4 is 9.47 Å². The number of carbonyl (C=O) groups excluding carboxylic acids is 2. The molecule has 7 heteroatoms. The number of ether oxygens (including phenoxy) is 2. The molecule has 6 nitrogen and oxygen atoms in total. The van der Waals surface area contributed by atoms with E-state index in [-0.39, 0.29) is 23.9 Å². The van der Waals surface area contributed by atoms with E-state index in [4.69, 9.17) is 9.47 Å². The topological polar surface area (TPSA) is 59.1 Å². The standard InChI is InChI=1S/C25H29FN2O4/c1-31-17-10-11-23(32-2)19(14-17)20-15-28(24(29)18-8-4-5-9-22(18)26)16-21(20)25(30)27-12-6-3-7-13-27/h4-5,8-11,14,20-21H,3,6-7,12-13,15-16H2,1-2H3/t20-,21-/m0/s1. The number of benzene rings is 2. The molecule has 2 fully saturated rings. The van der Waals surface area contributed by atoms with E-state index >= 15 is 0 Å². The molecule has 2 aromatic carbocycles. The van der Waals surface area contributed by atoms with Gasteiger partial charge in [0, 0.05) is 37.7 Å². The monoisotopic (exact) mass is 440 g/mol. The molecule has 0 N–H and O–H groups in total. The molecule has 170 valence electrons. The zero-order chi connectivity index (χ0) is 22.7. The summed E-state index contributed by atoms with van der Waals surface area (Å²) in [5, 5.41) is 0. The number of methoxy groups -OCH3 is 2. The first-order valence-electron chi connectivity index (χ1n) is 11.1. The van der Waals surface area contributed by atoms with E-state index in [9.17, 15) is 14.0 Å². The fraction of sp³-hybridized carbons (Fsp3) is 0.440. The van der Waals surface area contributed by atoms with Gasteiger partial charge in [0.25, 0.3) is 5.91 Å². The van der Waals surface area contributed by atoms with Crippen molar-refractivity contribution in [2.24, 2.45) is 5.92 Å². The van der Waals surface area contributed by atoms with Crippen molar-refractivity contribution in [2.75, 3.05) is 40.4 Å². The second-order valence-corrected chi connectivity index (χ2v) is 8.40. The Hall–Kier alpha value is -3.09. The Morgan fingerprint density at radius 3 is 2.38 bits per heavy atom. The van der Waals surface area contributed by atoms with Gasteiger partial charge >= 0.3 is 0 Å². The van der Waals surface area contributed by atoms with E-state index in [1.807, 2.05) is 17.0 Å². The Labute approximate surface area is 187 Å². The Kier molecular flexibility index (Phi) is 6.63. The van der Waals surface area contributed by atoms with Crippen molar-refractivity contribution in [3.05, 3.63) is 59.4 Å². The minimum absolute atomic E-state index is 0.0231. The van der Waals surface area contributed by atoms with Gasteiger partial charge in [-0.25, -0.2) is 4.39 Å². The first-order valence-corrected chi connectivity index (χ1v) is 11.1. The SMILES string of the molecule is COc1ccc(OC)c([C@@H]2CN(C(=O)c3ccccc3F)C[C@@H]2C(=O)N2CCCCC2)c1. The average molecular weight is 441 g/mol. The molecule has 2 aliphatic heterocycles. The van der Waals surface area contributed by atoms with Crippen molar-refractivity contribution in [1.29, 1.82) is 0 Å². The van der Waals surface area contributed by atoms with Crippen LogP contribution in [0.4, 0.5) is 4.39 Å². The minimum Gasteiger partial charge on any atom is -0.497 e. The van der Waals surface area contributed by atoms with Crippen molar-refractivity contribution in [2.45, 2.75) is 25.2 Å². The highest BCUT2D eigenvalue weighted by atomic mass is 19.1. The van der Waals surface area contributed by atoms with Crippen LogP contribution in [-0.4, -0.2) is 62.0 Å². The summed E-state index contributed by atoms with van der Waals surface area (Å²) < 4.78 is 25.3. The summed E-state index contributed by atoms with van der Waals surface area (Å²) in [7, 11) is 3.18. The van der Waals surface area contributed by atoms with E-state index in [1.165, 1.54) is 12.1 Å². The molecule has 0 saturated carbocycles. The molecular formula is C25H29FN2O4. The van der Waals surface area contributed by atoms with E-state index in [2.05, 4.69) is 0 Å². The number of carbonyl (C=O) groups is 2. The minimum atomic E-state index is -0.557. The lowest BCUT2D eigenvalue weighted by atomic mass is 9.86. The van der Waals surface area contributed by atoms with Gasteiger partial charge in [-0.15, -0.1) is 0 Å². The lowest BCUT2D eigenvalue weighted by Gasteiger charge is -2.31. The molecule has 0 aliphatic carbocycles. The molecule has 0 unspecified atom stereocenters. The van der Waals surface area contributed by atoms with E-state index in [0.29, 0.717) is 18.0 Å². The second-order valence-electron chi connectivity index (χ2n) is 8.40. The van der Waals surface area contributed by atoms with Crippen molar-refractivity contribution in [1.82, 2.24) is 9.80 Å². The highest BCUT2D eigenvalue weighted by molar-refractivity contribution is 5.95. The van der Waals surface area contributed by atoms with Crippen LogP contribution in [-0.2, 0) is 4.79 Å². The number of rotatable bonds is 5. The third kappa shape index (κ3) is 4.29. The average Bonchev–Trinajstić information content (AvgIpc) is 3.29. The van der Waals surface area contributed by atoms with Gasteiger partial charge in [-0.2, -0.15) is 0 Å². The predicted molar refractivity (Wildman–Crippen MR) is 119 cm³/mol. The van der Waals surface area contributed by atoms with Gasteiger partial charge in [0.1, 0.15) is 17.3 Å². The summed E-state index contributed by atoms with van der Waals surface area (Å²) in [6.07, 6.45) is 3.10. The van der Waals surface area contributed by atoms with E-state index in [1.54, 1.807) is 37.3 Å². The van der Waals surface area contributed by atoms with Gasteiger partial charge in [0.2, 0.25) is 5.91 Å². The molecule has 0 aromatic heterocycles. The van der Waals surface area contributed by atoms with Gasteiger partial charge in [-0.1, -0.05) is 12.1 Å². The van der Waals surface area contributed by atoms with Crippen LogP contribution in [0.3, 0.4) is 0 Å². The van der Waals surface area contributed by atoms with Crippen LogP contribution in [0, 0.1) is 11.7 Å². The lowest BCUT2D eigenvalue weighted by Crippen LogP contribution is -2.42. The smallest absolute Gasteiger partial charge is 0.256 e. The molecule has 0 radical (unpaired) electrons. The van der Waals surface area contributed by atoms with E-state index in [0.717, 1.165) is 37.9 Å². The van der Waals surface area contributed by atoms with Crippen LogP contribution in [0.5, 0.6) is 11.5 Å². The van der Waals surface area contributed by atoms with Crippen LogP contribution >= 0.6 is 0 Å². The Bertz CT molecular complexity index is 990. The normalized spacial score (nSPS) is 20.8. The highest BCUT2D eigenvalue weighted by Crippen LogP contribution is 2.41. The van der Waals surface area contributed by atoms with Crippen LogP contribution in [0.25, 0.3) is 0 Å². The number of amides is 2. The zero-order valence-corrected chi connectivity index (χ0v) is 18.6. The predicted octanol–water partition coefficient (Wildman–Crippen LogP) is 3.71.